The first kappa shape index (κ1) is 15.0. The van der Waals surface area contributed by atoms with Crippen LogP contribution in [0.25, 0.3) is 21.7 Å². The van der Waals surface area contributed by atoms with Crippen LogP contribution in [0.3, 0.4) is 0 Å². The zero-order valence-electron chi connectivity index (χ0n) is 12.4. The van der Waals surface area contributed by atoms with Crippen LogP contribution in [0.15, 0.2) is 17.5 Å². The summed E-state index contributed by atoms with van der Waals surface area (Å²) in [5, 5.41) is 3.97. The minimum absolute atomic E-state index is 0.363. The third-order valence-corrected chi connectivity index (χ3v) is 4.46. The van der Waals surface area contributed by atoms with E-state index >= 15 is 0 Å². The van der Waals surface area contributed by atoms with Crippen LogP contribution >= 0.6 is 22.9 Å². The molecule has 3 rings (SSSR count). The molecule has 0 amide bonds. The number of methoxy groups -OCH3 is 1. The highest BCUT2D eigenvalue weighted by Gasteiger charge is 2.14. The molecular formula is C15H15ClN4OS. The van der Waals surface area contributed by atoms with Crippen molar-refractivity contribution < 1.29 is 4.74 Å². The van der Waals surface area contributed by atoms with Gasteiger partial charge in [-0.05, 0) is 18.1 Å². The van der Waals surface area contributed by atoms with Crippen molar-refractivity contribution in [2.75, 3.05) is 12.8 Å². The summed E-state index contributed by atoms with van der Waals surface area (Å²) in [4.78, 5) is 13.5. The molecule has 0 saturated heterocycles. The first-order valence-corrected chi connectivity index (χ1v) is 8.02. The zero-order valence-corrected chi connectivity index (χ0v) is 14.0. The lowest BCUT2D eigenvalue weighted by Gasteiger charge is -2.07. The summed E-state index contributed by atoms with van der Waals surface area (Å²) < 4.78 is 5.20. The lowest BCUT2D eigenvalue weighted by Crippen LogP contribution is -1.99. The molecule has 0 aliphatic heterocycles. The summed E-state index contributed by atoms with van der Waals surface area (Å²) >= 11 is 7.67. The Morgan fingerprint density at radius 2 is 2.00 bits per heavy atom. The van der Waals surface area contributed by atoms with Gasteiger partial charge in [0.1, 0.15) is 11.6 Å². The van der Waals surface area contributed by atoms with Gasteiger partial charge >= 0.3 is 0 Å². The normalized spacial score (nSPS) is 11.3. The molecule has 2 N–H and O–H groups in total. The summed E-state index contributed by atoms with van der Waals surface area (Å²) in [7, 11) is 1.56. The summed E-state index contributed by atoms with van der Waals surface area (Å²) in [6.07, 6.45) is 0. The van der Waals surface area contributed by atoms with Gasteiger partial charge in [0.2, 0.25) is 0 Å². The SMILES string of the molecule is COc1cc2c(N)nc(-c3nc(C(C)C)cs3)nc2cc1Cl. The largest absolute Gasteiger partial charge is 0.495 e. The van der Waals surface area contributed by atoms with Gasteiger partial charge in [0.05, 0.1) is 23.3 Å². The first-order valence-electron chi connectivity index (χ1n) is 6.76. The van der Waals surface area contributed by atoms with Gasteiger partial charge in [-0.2, -0.15) is 0 Å². The van der Waals surface area contributed by atoms with E-state index in [1.54, 1.807) is 19.2 Å². The molecule has 0 fully saturated rings. The van der Waals surface area contributed by atoms with E-state index in [1.807, 2.05) is 5.38 Å². The molecule has 0 spiro atoms. The topological polar surface area (TPSA) is 73.9 Å². The number of halogens is 1. The Hall–Kier alpha value is -1.92. The van der Waals surface area contributed by atoms with Crippen LogP contribution in [-0.2, 0) is 0 Å². The van der Waals surface area contributed by atoms with E-state index in [9.17, 15) is 0 Å². The van der Waals surface area contributed by atoms with Gasteiger partial charge in [0, 0.05) is 10.8 Å². The monoisotopic (exact) mass is 334 g/mol. The average Bonchev–Trinajstić information content (AvgIpc) is 2.96. The molecule has 5 nitrogen and oxygen atoms in total. The lowest BCUT2D eigenvalue weighted by molar-refractivity contribution is 0.415. The summed E-state index contributed by atoms with van der Waals surface area (Å²) in [5.74, 6) is 1.81. The van der Waals surface area contributed by atoms with Crippen molar-refractivity contribution in [1.29, 1.82) is 0 Å². The number of fused-ring (bicyclic) bond motifs is 1. The van der Waals surface area contributed by atoms with Gasteiger partial charge in [-0.1, -0.05) is 25.4 Å². The summed E-state index contributed by atoms with van der Waals surface area (Å²) in [5.41, 5.74) is 7.76. The van der Waals surface area contributed by atoms with E-state index in [0.717, 1.165) is 10.7 Å². The highest BCUT2D eigenvalue weighted by atomic mass is 35.5. The Labute approximate surface area is 137 Å². The van der Waals surface area contributed by atoms with Crippen molar-refractivity contribution in [2.24, 2.45) is 0 Å². The third-order valence-electron chi connectivity index (χ3n) is 3.30. The molecular weight excluding hydrogens is 320 g/mol. The van der Waals surface area contributed by atoms with E-state index in [0.29, 0.717) is 39.2 Å². The summed E-state index contributed by atoms with van der Waals surface area (Å²) in [6.45, 7) is 4.20. The summed E-state index contributed by atoms with van der Waals surface area (Å²) in [6, 6.07) is 3.48. The van der Waals surface area contributed by atoms with Crippen molar-refractivity contribution >= 4 is 39.7 Å². The van der Waals surface area contributed by atoms with Gasteiger partial charge in [0.25, 0.3) is 0 Å². The zero-order chi connectivity index (χ0) is 15.9. The third kappa shape index (κ3) is 2.60. The molecule has 0 bridgehead atoms. The average molecular weight is 335 g/mol. The number of benzene rings is 1. The molecule has 114 valence electrons. The van der Waals surface area contributed by atoms with Crippen LogP contribution < -0.4 is 10.5 Å². The van der Waals surface area contributed by atoms with Gasteiger partial charge < -0.3 is 10.5 Å². The quantitative estimate of drug-likeness (QED) is 0.779. The van der Waals surface area contributed by atoms with Crippen molar-refractivity contribution in [3.63, 3.8) is 0 Å². The highest BCUT2D eigenvalue weighted by molar-refractivity contribution is 7.13. The Morgan fingerprint density at radius 1 is 1.23 bits per heavy atom. The maximum Gasteiger partial charge on any atom is 0.191 e. The predicted molar refractivity (Wildman–Crippen MR) is 90.7 cm³/mol. The second-order valence-corrected chi connectivity index (χ2v) is 6.43. The molecule has 1 aromatic carbocycles. The Balaban J connectivity index is 2.15. The van der Waals surface area contributed by atoms with Gasteiger partial charge in [-0.15, -0.1) is 11.3 Å². The van der Waals surface area contributed by atoms with E-state index in [2.05, 4.69) is 28.8 Å². The number of rotatable bonds is 3. The van der Waals surface area contributed by atoms with Crippen LogP contribution in [-0.4, -0.2) is 22.1 Å². The molecule has 0 unspecified atom stereocenters. The lowest BCUT2D eigenvalue weighted by atomic mass is 10.2. The Morgan fingerprint density at radius 3 is 2.64 bits per heavy atom. The van der Waals surface area contributed by atoms with Crippen molar-refractivity contribution in [2.45, 2.75) is 19.8 Å². The molecule has 22 heavy (non-hydrogen) atoms. The predicted octanol–water partition coefficient (Wildman–Crippen LogP) is 4.12. The molecule has 7 heteroatoms. The fourth-order valence-corrected chi connectivity index (χ4v) is 3.21. The highest BCUT2D eigenvalue weighted by Crippen LogP contribution is 2.33. The van der Waals surface area contributed by atoms with Gasteiger partial charge in [-0.3, -0.25) is 0 Å². The van der Waals surface area contributed by atoms with Crippen molar-refractivity contribution in [3.05, 3.63) is 28.2 Å². The fourth-order valence-electron chi connectivity index (χ4n) is 2.06. The molecule has 2 heterocycles. The number of thiazole rings is 1. The Bertz CT molecular complexity index is 847. The number of nitrogen functional groups attached to an aromatic ring is 1. The Kier molecular flexibility index (Phi) is 3.88. The van der Waals surface area contributed by atoms with E-state index in [4.69, 9.17) is 22.1 Å². The number of aromatic nitrogens is 3. The van der Waals surface area contributed by atoms with Crippen LogP contribution in [0.1, 0.15) is 25.5 Å². The number of nitrogens with zero attached hydrogens (tertiary/aromatic N) is 3. The number of ether oxygens (including phenoxy) is 1. The minimum atomic E-state index is 0.363. The second kappa shape index (κ2) is 5.70. The first-order chi connectivity index (χ1) is 10.5. The van der Waals surface area contributed by atoms with Crippen LogP contribution in [0, 0.1) is 0 Å². The molecule has 0 saturated carbocycles. The van der Waals surface area contributed by atoms with E-state index < -0.39 is 0 Å². The van der Waals surface area contributed by atoms with Crippen LogP contribution in [0.5, 0.6) is 5.75 Å². The van der Waals surface area contributed by atoms with Gasteiger partial charge in [-0.25, -0.2) is 15.0 Å². The molecule has 0 atom stereocenters. The number of hydrogen-bond acceptors (Lipinski definition) is 6. The smallest absolute Gasteiger partial charge is 0.191 e. The number of anilines is 1. The molecule has 0 aliphatic rings. The van der Waals surface area contributed by atoms with Gasteiger partial charge in [0.15, 0.2) is 10.8 Å². The molecule has 0 radical (unpaired) electrons. The molecule has 3 aromatic rings. The maximum absolute atomic E-state index is 6.16. The van der Waals surface area contributed by atoms with Crippen LogP contribution in [0.4, 0.5) is 5.82 Å². The maximum atomic E-state index is 6.16. The molecule has 0 aliphatic carbocycles. The van der Waals surface area contributed by atoms with Crippen LogP contribution in [0.2, 0.25) is 5.02 Å². The van der Waals surface area contributed by atoms with Crippen molar-refractivity contribution in [1.82, 2.24) is 15.0 Å². The van der Waals surface area contributed by atoms with E-state index in [-0.39, 0.29) is 0 Å². The second-order valence-electron chi connectivity index (χ2n) is 5.17. The number of hydrogen-bond donors (Lipinski definition) is 1. The fraction of sp³-hybridized carbons (Fsp3) is 0.267. The van der Waals surface area contributed by atoms with E-state index in [1.165, 1.54) is 11.3 Å². The molecule has 2 aromatic heterocycles. The number of nitrogens with two attached hydrogens (primary N) is 1. The van der Waals surface area contributed by atoms with Crippen molar-refractivity contribution in [3.8, 4) is 16.6 Å². The minimum Gasteiger partial charge on any atom is -0.495 e. The standard InChI is InChI=1S/C15H15ClN4OS/c1-7(2)11-6-22-15(19-11)14-18-10-5-9(16)12(21-3)4-8(10)13(17)20-14/h4-7H,1-3H3,(H2,17,18,20).